The van der Waals surface area contributed by atoms with Crippen LogP contribution in [0.1, 0.15) is 11.3 Å². The van der Waals surface area contributed by atoms with E-state index in [2.05, 4.69) is 9.88 Å². The Kier molecular flexibility index (Phi) is 4.69. The molecule has 1 heterocycles. The highest BCUT2D eigenvalue weighted by Gasteiger charge is 2.22. The minimum absolute atomic E-state index is 0.0599. The van der Waals surface area contributed by atoms with E-state index in [4.69, 9.17) is 9.26 Å². The van der Waals surface area contributed by atoms with Gasteiger partial charge < -0.3 is 9.26 Å². The van der Waals surface area contributed by atoms with Crippen molar-refractivity contribution in [1.29, 1.82) is 0 Å². The number of halogens is 1. The Morgan fingerprint density at radius 3 is 2.38 bits per heavy atom. The summed E-state index contributed by atoms with van der Waals surface area (Å²) < 4.78 is 51.6. The van der Waals surface area contributed by atoms with Crippen molar-refractivity contribution in [2.75, 3.05) is 11.8 Å². The number of aromatic nitrogens is 1. The van der Waals surface area contributed by atoms with Gasteiger partial charge in [0.15, 0.2) is 5.76 Å². The van der Waals surface area contributed by atoms with Crippen molar-refractivity contribution in [1.82, 2.24) is 5.16 Å². The molecule has 0 spiro atoms. The Morgan fingerprint density at radius 2 is 1.81 bits per heavy atom. The van der Waals surface area contributed by atoms with Gasteiger partial charge in [0.05, 0.1) is 12.8 Å². The van der Waals surface area contributed by atoms with Crippen molar-refractivity contribution in [2.24, 2.45) is 0 Å². The Bertz CT molecular complexity index is 1040. The number of anilines is 1. The quantitative estimate of drug-likeness (QED) is 0.730. The molecule has 0 atom stereocenters. The predicted octanol–water partition coefficient (Wildman–Crippen LogP) is 3.91. The monoisotopic (exact) mass is 376 g/mol. The zero-order valence-corrected chi connectivity index (χ0v) is 15.2. The Hall–Kier alpha value is -2.87. The van der Waals surface area contributed by atoms with Crippen LogP contribution in [-0.2, 0) is 10.0 Å². The molecule has 3 rings (SSSR count). The van der Waals surface area contributed by atoms with Crippen LogP contribution in [0.25, 0.3) is 11.3 Å². The van der Waals surface area contributed by atoms with Gasteiger partial charge in [-0.2, -0.15) is 0 Å². The fourth-order valence-electron chi connectivity index (χ4n) is 2.44. The number of benzene rings is 2. The summed E-state index contributed by atoms with van der Waals surface area (Å²) in [6.45, 7) is 3.65. The van der Waals surface area contributed by atoms with Gasteiger partial charge in [-0.1, -0.05) is 5.16 Å². The van der Waals surface area contributed by atoms with E-state index < -0.39 is 15.8 Å². The van der Waals surface area contributed by atoms with Gasteiger partial charge in [0.2, 0.25) is 0 Å². The highest BCUT2D eigenvalue weighted by atomic mass is 32.2. The number of rotatable bonds is 5. The second-order valence-corrected chi connectivity index (χ2v) is 7.35. The lowest BCUT2D eigenvalue weighted by Crippen LogP contribution is -2.14. The van der Waals surface area contributed by atoms with Gasteiger partial charge in [-0.25, -0.2) is 12.8 Å². The summed E-state index contributed by atoms with van der Waals surface area (Å²) in [4.78, 5) is -0.0599. The van der Waals surface area contributed by atoms with Crippen LogP contribution in [0.4, 0.5) is 10.1 Å². The average Bonchev–Trinajstić information content (AvgIpc) is 2.95. The van der Waals surface area contributed by atoms with Crippen molar-refractivity contribution < 1.29 is 22.1 Å². The van der Waals surface area contributed by atoms with E-state index in [0.29, 0.717) is 11.3 Å². The van der Waals surface area contributed by atoms with Gasteiger partial charge in [0.25, 0.3) is 10.0 Å². The molecule has 136 valence electrons. The van der Waals surface area contributed by atoms with Crippen molar-refractivity contribution in [3.8, 4) is 17.1 Å². The number of nitrogens with zero attached hydrogens (tertiary/aromatic N) is 1. The lowest BCUT2D eigenvalue weighted by molar-refractivity contribution is 0.402. The third-order valence-electron chi connectivity index (χ3n) is 3.97. The summed E-state index contributed by atoms with van der Waals surface area (Å²) in [5.41, 5.74) is 2.35. The van der Waals surface area contributed by atoms with Crippen molar-refractivity contribution in [3.05, 3.63) is 59.5 Å². The summed E-state index contributed by atoms with van der Waals surface area (Å²) in [5.74, 6) is 0.212. The maximum absolute atomic E-state index is 13.0. The summed E-state index contributed by atoms with van der Waals surface area (Å²) >= 11 is 0. The largest absolute Gasteiger partial charge is 0.495 e. The first-order chi connectivity index (χ1) is 12.3. The molecule has 1 aromatic heterocycles. The fraction of sp³-hybridized carbons (Fsp3) is 0.167. The van der Waals surface area contributed by atoms with Gasteiger partial charge in [0, 0.05) is 16.8 Å². The Balaban J connectivity index is 2.05. The normalized spacial score (nSPS) is 11.4. The van der Waals surface area contributed by atoms with Crippen LogP contribution in [0.5, 0.6) is 5.75 Å². The van der Waals surface area contributed by atoms with E-state index in [1.165, 1.54) is 37.4 Å². The summed E-state index contributed by atoms with van der Waals surface area (Å²) in [6, 6.07) is 9.73. The lowest BCUT2D eigenvalue weighted by atomic mass is 10.1. The molecule has 0 saturated carbocycles. The van der Waals surface area contributed by atoms with E-state index in [-0.39, 0.29) is 16.3 Å². The second-order valence-electron chi connectivity index (χ2n) is 5.70. The van der Waals surface area contributed by atoms with Crippen LogP contribution in [0.3, 0.4) is 0 Å². The van der Waals surface area contributed by atoms with Gasteiger partial charge in [-0.3, -0.25) is 4.72 Å². The van der Waals surface area contributed by atoms with Crippen LogP contribution < -0.4 is 9.46 Å². The molecule has 0 amide bonds. The number of ether oxygens (including phenoxy) is 1. The average molecular weight is 376 g/mol. The number of hydrogen-bond acceptors (Lipinski definition) is 5. The van der Waals surface area contributed by atoms with Gasteiger partial charge in [-0.05, 0) is 56.3 Å². The zero-order chi connectivity index (χ0) is 18.9. The molecule has 8 heteroatoms. The molecule has 0 radical (unpaired) electrons. The molecule has 1 N–H and O–H groups in total. The van der Waals surface area contributed by atoms with Crippen LogP contribution in [0.15, 0.2) is 51.9 Å². The molecule has 3 aromatic rings. The van der Waals surface area contributed by atoms with Crippen molar-refractivity contribution in [2.45, 2.75) is 18.7 Å². The lowest BCUT2D eigenvalue weighted by Gasteiger charge is -2.13. The molecular formula is C18H17FN2O4S. The number of methoxy groups -OCH3 is 1. The third kappa shape index (κ3) is 3.41. The van der Waals surface area contributed by atoms with Gasteiger partial charge in [0.1, 0.15) is 16.5 Å². The van der Waals surface area contributed by atoms with Crippen LogP contribution >= 0.6 is 0 Å². The molecule has 0 unspecified atom stereocenters. The van der Waals surface area contributed by atoms with E-state index >= 15 is 0 Å². The van der Waals surface area contributed by atoms with Gasteiger partial charge >= 0.3 is 0 Å². The third-order valence-corrected chi connectivity index (χ3v) is 5.37. The van der Waals surface area contributed by atoms with Crippen molar-refractivity contribution >= 4 is 15.7 Å². The maximum atomic E-state index is 13.0. The molecule has 0 bridgehead atoms. The SMILES string of the molecule is COc1ccc(-c2onc(C)c2C)cc1S(=O)(=O)Nc1ccc(F)cc1. The number of hydrogen-bond donors (Lipinski definition) is 1. The summed E-state index contributed by atoms with van der Waals surface area (Å²) in [7, 11) is -2.58. The smallest absolute Gasteiger partial charge is 0.265 e. The van der Waals surface area contributed by atoms with Gasteiger partial charge in [-0.15, -0.1) is 0 Å². The van der Waals surface area contributed by atoms with Crippen LogP contribution in [-0.4, -0.2) is 20.7 Å². The number of nitrogens with one attached hydrogen (secondary N) is 1. The molecule has 0 aliphatic rings. The number of sulfonamides is 1. The van der Waals surface area contributed by atoms with E-state index in [1.807, 2.05) is 6.92 Å². The first-order valence-electron chi connectivity index (χ1n) is 7.71. The highest BCUT2D eigenvalue weighted by Crippen LogP contribution is 2.33. The first-order valence-corrected chi connectivity index (χ1v) is 9.20. The minimum atomic E-state index is -3.97. The second kappa shape index (κ2) is 6.80. The van der Waals surface area contributed by atoms with E-state index in [1.54, 1.807) is 19.1 Å². The van der Waals surface area contributed by atoms with E-state index in [9.17, 15) is 12.8 Å². The van der Waals surface area contributed by atoms with Crippen molar-refractivity contribution in [3.63, 3.8) is 0 Å². The highest BCUT2D eigenvalue weighted by molar-refractivity contribution is 7.92. The topological polar surface area (TPSA) is 81.4 Å². The van der Waals surface area contributed by atoms with E-state index in [0.717, 1.165) is 11.3 Å². The Morgan fingerprint density at radius 1 is 1.12 bits per heavy atom. The Labute approximate surface area is 150 Å². The molecule has 6 nitrogen and oxygen atoms in total. The number of aryl methyl sites for hydroxylation is 1. The molecule has 26 heavy (non-hydrogen) atoms. The predicted molar refractivity (Wildman–Crippen MR) is 95.2 cm³/mol. The molecule has 2 aromatic carbocycles. The maximum Gasteiger partial charge on any atom is 0.265 e. The van der Waals surface area contributed by atoms with Crippen LogP contribution in [0, 0.1) is 19.7 Å². The first kappa shape index (κ1) is 17.9. The molecule has 0 aliphatic carbocycles. The molecular weight excluding hydrogens is 359 g/mol. The molecule has 0 saturated heterocycles. The standard InChI is InChI=1S/C18H17FN2O4S/c1-11-12(2)20-25-18(11)13-4-9-16(24-3)17(10-13)26(22,23)21-15-7-5-14(19)6-8-15/h4-10,21H,1-3H3. The fourth-order valence-corrected chi connectivity index (χ4v) is 3.70. The summed E-state index contributed by atoms with van der Waals surface area (Å²) in [6.07, 6.45) is 0. The minimum Gasteiger partial charge on any atom is -0.495 e. The van der Waals surface area contributed by atoms with Crippen LogP contribution in [0.2, 0.25) is 0 Å². The molecule has 0 fully saturated rings. The summed E-state index contributed by atoms with van der Waals surface area (Å²) in [5, 5.41) is 3.90. The zero-order valence-electron chi connectivity index (χ0n) is 14.4. The molecule has 0 aliphatic heterocycles.